The highest BCUT2D eigenvalue weighted by molar-refractivity contribution is 5.68. The van der Waals surface area contributed by atoms with Gasteiger partial charge in [-0.1, -0.05) is 18.2 Å². The number of piperidine rings is 1. The number of carbonyl (C=O) groups excluding carboxylic acids is 1. The number of likely N-dealkylation sites (tertiary alicyclic amines) is 1. The van der Waals surface area contributed by atoms with Crippen LogP contribution in [0.5, 0.6) is 5.75 Å². The number of nitrogens with zero attached hydrogens (tertiary/aromatic N) is 2. The van der Waals surface area contributed by atoms with Crippen LogP contribution in [0.4, 0.5) is 4.79 Å². The van der Waals surface area contributed by atoms with Crippen LogP contribution in [0.25, 0.3) is 0 Å². The van der Waals surface area contributed by atoms with Crippen LogP contribution in [0.15, 0.2) is 24.3 Å². The smallest absolute Gasteiger partial charge is 0.410 e. The van der Waals surface area contributed by atoms with Crippen LogP contribution in [0.3, 0.4) is 0 Å². The summed E-state index contributed by atoms with van der Waals surface area (Å²) < 4.78 is 10.8. The molecule has 5 heteroatoms. The zero-order valence-electron chi connectivity index (χ0n) is 14.3. The molecule has 0 spiro atoms. The third-order valence-corrected chi connectivity index (χ3v) is 4.11. The number of para-hydroxylation sites is 1. The summed E-state index contributed by atoms with van der Waals surface area (Å²) in [5, 5.41) is 9.79. The Morgan fingerprint density at radius 3 is 2.39 bits per heavy atom. The van der Waals surface area contributed by atoms with Crippen molar-refractivity contribution in [3.63, 3.8) is 0 Å². The number of hydrogen-bond acceptors (Lipinski definition) is 4. The number of benzene rings is 1. The van der Waals surface area contributed by atoms with Gasteiger partial charge in [-0.2, -0.15) is 5.26 Å². The summed E-state index contributed by atoms with van der Waals surface area (Å²) in [4.78, 5) is 13.8. The molecule has 1 aromatic carbocycles. The molecule has 0 unspecified atom stereocenters. The van der Waals surface area contributed by atoms with Crippen LogP contribution < -0.4 is 4.74 Å². The van der Waals surface area contributed by atoms with Crippen molar-refractivity contribution < 1.29 is 14.3 Å². The highest BCUT2D eigenvalue weighted by Gasteiger charge is 2.40. The standard InChI is InChI=1S/C18H24N2O3/c1-17(2,3)23-16(21)20-11-9-18(13-19,10-12-20)14-7-5-6-8-15(14)22-4/h5-8H,9-12H2,1-4H3. The number of nitriles is 1. The second-order valence-corrected chi connectivity index (χ2v) is 6.86. The summed E-state index contributed by atoms with van der Waals surface area (Å²) in [5.74, 6) is 0.722. The van der Waals surface area contributed by atoms with Crippen molar-refractivity contribution in [3.8, 4) is 11.8 Å². The van der Waals surface area contributed by atoms with Crippen LogP contribution in [0, 0.1) is 11.3 Å². The molecule has 1 aliphatic heterocycles. The topological polar surface area (TPSA) is 62.6 Å². The van der Waals surface area contributed by atoms with Gasteiger partial charge in [0.05, 0.1) is 18.6 Å². The molecular weight excluding hydrogens is 292 g/mol. The highest BCUT2D eigenvalue weighted by atomic mass is 16.6. The van der Waals surface area contributed by atoms with E-state index in [1.807, 2.05) is 45.0 Å². The van der Waals surface area contributed by atoms with Gasteiger partial charge in [-0.25, -0.2) is 4.79 Å². The molecule has 0 saturated carbocycles. The van der Waals surface area contributed by atoms with E-state index in [0.717, 1.165) is 11.3 Å². The molecule has 0 radical (unpaired) electrons. The van der Waals surface area contributed by atoms with E-state index in [4.69, 9.17) is 9.47 Å². The van der Waals surface area contributed by atoms with Crippen LogP contribution >= 0.6 is 0 Å². The Hall–Kier alpha value is -2.22. The Kier molecular flexibility index (Phi) is 4.84. The largest absolute Gasteiger partial charge is 0.496 e. The summed E-state index contributed by atoms with van der Waals surface area (Å²) in [6.07, 6.45) is 0.829. The van der Waals surface area contributed by atoms with Crippen molar-refractivity contribution in [2.75, 3.05) is 20.2 Å². The van der Waals surface area contributed by atoms with Crippen molar-refractivity contribution in [2.24, 2.45) is 0 Å². The first kappa shape index (κ1) is 17.1. The molecule has 1 aliphatic rings. The van der Waals surface area contributed by atoms with Crippen molar-refractivity contribution in [1.82, 2.24) is 4.90 Å². The molecule has 0 N–H and O–H groups in total. The van der Waals surface area contributed by atoms with E-state index in [-0.39, 0.29) is 6.09 Å². The van der Waals surface area contributed by atoms with E-state index in [0.29, 0.717) is 25.9 Å². The number of amides is 1. The first-order chi connectivity index (χ1) is 10.8. The molecule has 1 aromatic rings. The lowest BCUT2D eigenvalue weighted by Crippen LogP contribution is -2.46. The van der Waals surface area contributed by atoms with E-state index in [9.17, 15) is 10.1 Å². The lowest BCUT2D eigenvalue weighted by atomic mass is 9.73. The van der Waals surface area contributed by atoms with Gasteiger partial charge in [0.2, 0.25) is 0 Å². The summed E-state index contributed by atoms with van der Waals surface area (Å²) in [5.41, 5.74) is -0.233. The molecule has 1 amide bonds. The minimum Gasteiger partial charge on any atom is -0.496 e. The predicted octanol–water partition coefficient (Wildman–Crippen LogP) is 3.49. The second-order valence-electron chi connectivity index (χ2n) is 6.86. The van der Waals surface area contributed by atoms with Crippen LogP contribution in [0.1, 0.15) is 39.2 Å². The minimum atomic E-state index is -0.620. The Morgan fingerprint density at radius 2 is 1.87 bits per heavy atom. The monoisotopic (exact) mass is 316 g/mol. The molecule has 5 nitrogen and oxygen atoms in total. The summed E-state index contributed by atoms with van der Waals surface area (Å²) in [7, 11) is 1.61. The van der Waals surface area contributed by atoms with Gasteiger partial charge in [0, 0.05) is 18.7 Å². The minimum absolute atomic E-state index is 0.316. The Balaban J connectivity index is 2.15. The fourth-order valence-corrected chi connectivity index (χ4v) is 2.88. The van der Waals surface area contributed by atoms with E-state index >= 15 is 0 Å². The van der Waals surface area contributed by atoms with Gasteiger partial charge in [0.15, 0.2) is 0 Å². The maximum atomic E-state index is 12.2. The molecule has 124 valence electrons. The van der Waals surface area contributed by atoms with E-state index in [2.05, 4.69) is 6.07 Å². The molecule has 0 atom stereocenters. The molecule has 0 bridgehead atoms. The molecular formula is C18H24N2O3. The van der Waals surface area contributed by atoms with Crippen LogP contribution in [0.2, 0.25) is 0 Å². The zero-order valence-corrected chi connectivity index (χ0v) is 14.3. The third-order valence-electron chi connectivity index (χ3n) is 4.11. The fourth-order valence-electron chi connectivity index (χ4n) is 2.88. The molecule has 23 heavy (non-hydrogen) atoms. The Bertz CT molecular complexity index is 605. The quantitative estimate of drug-likeness (QED) is 0.838. The summed E-state index contributed by atoms with van der Waals surface area (Å²) in [6, 6.07) is 10.1. The maximum Gasteiger partial charge on any atom is 0.410 e. The van der Waals surface area contributed by atoms with Crippen molar-refractivity contribution in [3.05, 3.63) is 29.8 Å². The molecule has 2 rings (SSSR count). The second kappa shape index (κ2) is 6.49. The first-order valence-electron chi connectivity index (χ1n) is 7.84. The Morgan fingerprint density at radius 1 is 1.26 bits per heavy atom. The van der Waals surface area contributed by atoms with Gasteiger partial charge in [0.25, 0.3) is 0 Å². The Labute approximate surface area is 137 Å². The van der Waals surface area contributed by atoms with E-state index < -0.39 is 11.0 Å². The molecule has 0 aromatic heterocycles. The average molecular weight is 316 g/mol. The SMILES string of the molecule is COc1ccccc1C1(C#N)CCN(C(=O)OC(C)(C)C)CC1. The third kappa shape index (κ3) is 3.76. The van der Waals surface area contributed by atoms with Crippen LogP contribution in [-0.2, 0) is 10.2 Å². The number of carbonyl (C=O) groups is 1. The van der Waals surface area contributed by atoms with Crippen molar-refractivity contribution in [2.45, 2.75) is 44.6 Å². The normalized spacial score (nSPS) is 17.3. The van der Waals surface area contributed by atoms with Gasteiger partial charge in [-0.3, -0.25) is 0 Å². The first-order valence-corrected chi connectivity index (χ1v) is 7.84. The average Bonchev–Trinajstić information content (AvgIpc) is 2.53. The lowest BCUT2D eigenvalue weighted by Gasteiger charge is -2.38. The van der Waals surface area contributed by atoms with Gasteiger partial charge >= 0.3 is 6.09 Å². The van der Waals surface area contributed by atoms with Gasteiger partial charge in [-0.15, -0.1) is 0 Å². The number of ether oxygens (including phenoxy) is 2. The van der Waals surface area contributed by atoms with E-state index in [1.165, 1.54) is 0 Å². The van der Waals surface area contributed by atoms with Crippen LogP contribution in [-0.4, -0.2) is 36.8 Å². The van der Waals surface area contributed by atoms with Crippen molar-refractivity contribution in [1.29, 1.82) is 5.26 Å². The number of methoxy groups -OCH3 is 1. The molecule has 1 fully saturated rings. The highest BCUT2D eigenvalue weighted by Crippen LogP contribution is 2.39. The van der Waals surface area contributed by atoms with Gasteiger partial charge in [-0.05, 0) is 39.7 Å². The van der Waals surface area contributed by atoms with Gasteiger partial charge < -0.3 is 14.4 Å². The number of hydrogen-bond donors (Lipinski definition) is 0. The lowest BCUT2D eigenvalue weighted by molar-refractivity contribution is 0.0185. The van der Waals surface area contributed by atoms with E-state index in [1.54, 1.807) is 12.0 Å². The van der Waals surface area contributed by atoms with Gasteiger partial charge in [0.1, 0.15) is 11.4 Å². The summed E-state index contributed by atoms with van der Waals surface area (Å²) >= 11 is 0. The zero-order chi connectivity index (χ0) is 17.1. The molecule has 1 heterocycles. The fraction of sp³-hybridized carbons (Fsp3) is 0.556. The maximum absolute atomic E-state index is 12.2. The molecule has 1 saturated heterocycles. The van der Waals surface area contributed by atoms with Crippen molar-refractivity contribution >= 4 is 6.09 Å². The molecule has 0 aliphatic carbocycles. The number of rotatable bonds is 2. The predicted molar refractivity (Wildman–Crippen MR) is 87.3 cm³/mol. The summed E-state index contributed by atoms with van der Waals surface area (Å²) in [6.45, 7) is 6.55.